The lowest BCUT2D eigenvalue weighted by Crippen LogP contribution is -2.46. The number of Topliss-reactive ketones (excluding diaryl/α,β-unsaturated/α-hetero) is 1. The number of ether oxygens (including phenoxy) is 3. The molecule has 1 unspecified atom stereocenters. The van der Waals surface area contributed by atoms with Gasteiger partial charge in [-0.3, -0.25) is 14.4 Å². The molecule has 0 N–H and O–H groups in total. The minimum absolute atomic E-state index is 0.0357. The maximum absolute atomic E-state index is 12.3. The zero-order valence-corrected chi connectivity index (χ0v) is 17.4. The number of amides is 1. The van der Waals surface area contributed by atoms with Crippen molar-refractivity contribution >= 4 is 17.7 Å². The molecule has 0 spiro atoms. The summed E-state index contributed by atoms with van der Waals surface area (Å²) in [7, 11) is 0. The van der Waals surface area contributed by atoms with Gasteiger partial charge in [0, 0.05) is 25.1 Å². The van der Waals surface area contributed by atoms with Crippen LogP contribution in [0.1, 0.15) is 56.3 Å². The van der Waals surface area contributed by atoms with Gasteiger partial charge in [-0.25, -0.2) is 0 Å². The van der Waals surface area contributed by atoms with Crippen LogP contribution in [0.25, 0.3) is 0 Å². The minimum atomic E-state index is -0.861. The third-order valence-electron chi connectivity index (χ3n) is 4.73. The van der Waals surface area contributed by atoms with Crippen LogP contribution in [0.4, 0.5) is 0 Å². The Morgan fingerprint density at radius 2 is 1.76 bits per heavy atom. The van der Waals surface area contributed by atoms with Gasteiger partial charge >= 0.3 is 5.97 Å². The average Bonchev–Trinajstić information content (AvgIpc) is 2.75. The Balaban J connectivity index is 1.72. The van der Waals surface area contributed by atoms with Gasteiger partial charge in [-0.1, -0.05) is 19.8 Å². The summed E-state index contributed by atoms with van der Waals surface area (Å²) in [6.45, 7) is 6.33. The minimum Gasteiger partial charge on any atom is -0.494 e. The molecule has 0 radical (unpaired) electrons. The first-order chi connectivity index (χ1) is 14.0. The second-order valence-corrected chi connectivity index (χ2v) is 7.07. The Morgan fingerprint density at radius 1 is 1.07 bits per heavy atom. The summed E-state index contributed by atoms with van der Waals surface area (Å²) >= 11 is 0. The highest BCUT2D eigenvalue weighted by molar-refractivity contribution is 5.97. The monoisotopic (exact) mass is 405 g/mol. The number of carbonyl (C=O) groups excluding carboxylic acids is 3. The number of carbonyl (C=O) groups is 3. The van der Waals surface area contributed by atoms with Gasteiger partial charge in [-0.2, -0.15) is 0 Å². The Labute approximate surface area is 172 Å². The zero-order valence-electron chi connectivity index (χ0n) is 17.4. The molecule has 0 aliphatic carbocycles. The fraction of sp³-hybridized carbons (Fsp3) is 0.591. The van der Waals surface area contributed by atoms with Crippen LogP contribution in [0, 0.1) is 0 Å². The molecular formula is C22H31NO6. The van der Waals surface area contributed by atoms with Crippen LogP contribution in [0.3, 0.4) is 0 Å². The molecule has 7 heteroatoms. The van der Waals surface area contributed by atoms with Gasteiger partial charge in [0.05, 0.1) is 26.2 Å². The summed E-state index contributed by atoms with van der Waals surface area (Å²) in [5.74, 6) is -0.204. The van der Waals surface area contributed by atoms with Crippen molar-refractivity contribution in [3.63, 3.8) is 0 Å². The normalized spacial score (nSPS) is 14.9. The topological polar surface area (TPSA) is 82.1 Å². The maximum Gasteiger partial charge on any atom is 0.307 e. The molecule has 1 saturated heterocycles. The van der Waals surface area contributed by atoms with Gasteiger partial charge in [0.15, 0.2) is 11.9 Å². The van der Waals surface area contributed by atoms with Crippen LogP contribution in [0.2, 0.25) is 0 Å². The van der Waals surface area contributed by atoms with E-state index in [0.717, 1.165) is 25.0 Å². The fourth-order valence-corrected chi connectivity index (χ4v) is 2.99. The van der Waals surface area contributed by atoms with Crippen molar-refractivity contribution in [2.45, 2.75) is 52.1 Å². The van der Waals surface area contributed by atoms with Gasteiger partial charge < -0.3 is 19.1 Å². The molecule has 1 fully saturated rings. The van der Waals surface area contributed by atoms with E-state index < -0.39 is 12.1 Å². The van der Waals surface area contributed by atoms with Crippen molar-refractivity contribution in [1.82, 2.24) is 4.90 Å². The molecule has 1 aliphatic rings. The number of morpholine rings is 1. The molecule has 1 heterocycles. The third-order valence-corrected chi connectivity index (χ3v) is 4.73. The quantitative estimate of drug-likeness (QED) is 0.320. The third kappa shape index (κ3) is 7.85. The fourth-order valence-electron chi connectivity index (χ4n) is 2.99. The summed E-state index contributed by atoms with van der Waals surface area (Å²) in [5.41, 5.74) is 0.524. The average molecular weight is 405 g/mol. The van der Waals surface area contributed by atoms with Crippen molar-refractivity contribution in [1.29, 1.82) is 0 Å². The Bertz CT molecular complexity index is 666. The number of hydrogen-bond donors (Lipinski definition) is 0. The first-order valence-corrected chi connectivity index (χ1v) is 10.3. The molecule has 160 valence electrons. The maximum atomic E-state index is 12.3. The number of benzene rings is 1. The zero-order chi connectivity index (χ0) is 21.1. The Kier molecular flexibility index (Phi) is 9.64. The molecular weight excluding hydrogens is 374 g/mol. The first kappa shape index (κ1) is 22.9. The highest BCUT2D eigenvalue weighted by Crippen LogP contribution is 2.15. The van der Waals surface area contributed by atoms with Crippen molar-refractivity contribution in [2.24, 2.45) is 0 Å². The molecule has 7 nitrogen and oxygen atoms in total. The van der Waals surface area contributed by atoms with E-state index in [1.165, 1.54) is 0 Å². The van der Waals surface area contributed by atoms with Crippen molar-refractivity contribution in [3.8, 4) is 5.75 Å². The summed E-state index contributed by atoms with van der Waals surface area (Å²) in [5, 5.41) is 0. The first-order valence-electron chi connectivity index (χ1n) is 10.3. The molecule has 2 rings (SSSR count). The van der Waals surface area contributed by atoms with E-state index >= 15 is 0 Å². The van der Waals surface area contributed by atoms with Crippen molar-refractivity contribution in [2.75, 3.05) is 32.9 Å². The van der Waals surface area contributed by atoms with Crippen molar-refractivity contribution < 1.29 is 28.6 Å². The smallest absolute Gasteiger partial charge is 0.307 e. The highest BCUT2D eigenvalue weighted by Gasteiger charge is 2.25. The van der Waals surface area contributed by atoms with Crippen LogP contribution >= 0.6 is 0 Å². The summed E-state index contributed by atoms with van der Waals surface area (Å²) in [4.78, 5) is 38.2. The van der Waals surface area contributed by atoms with Crippen LogP contribution in [-0.4, -0.2) is 61.6 Å². The lowest BCUT2D eigenvalue weighted by Gasteiger charge is -2.28. The number of ketones is 1. The summed E-state index contributed by atoms with van der Waals surface area (Å²) < 4.78 is 16.0. The Hall–Kier alpha value is -2.41. The van der Waals surface area contributed by atoms with E-state index in [1.54, 1.807) is 36.1 Å². The van der Waals surface area contributed by atoms with Gasteiger partial charge in [-0.15, -0.1) is 0 Å². The molecule has 1 amide bonds. The summed E-state index contributed by atoms with van der Waals surface area (Å²) in [6, 6.07) is 6.93. The molecule has 1 aliphatic heterocycles. The number of nitrogens with zero attached hydrogens (tertiary/aromatic N) is 1. The number of unbranched alkanes of at least 4 members (excludes halogenated alkanes) is 2. The molecule has 0 aromatic heterocycles. The molecule has 29 heavy (non-hydrogen) atoms. The van der Waals surface area contributed by atoms with E-state index in [1.807, 2.05) is 0 Å². The van der Waals surface area contributed by atoms with E-state index in [9.17, 15) is 14.4 Å². The van der Waals surface area contributed by atoms with Crippen molar-refractivity contribution in [3.05, 3.63) is 29.8 Å². The highest BCUT2D eigenvalue weighted by atomic mass is 16.5. The standard InChI is InChI=1S/C22H31NO6/c1-3-4-5-14-28-19-8-6-18(7-9-19)20(24)10-11-21(25)29-17(2)22(26)23-12-15-27-16-13-23/h6-9,17H,3-5,10-16H2,1-2H3. The molecule has 0 bridgehead atoms. The predicted octanol–water partition coefficient (Wildman–Crippen LogP) is 3.01. The SMILES string of the molecule is CCCCCOc1ccc(C(=O)CCC(=O)OC(C)C(=O)N2CCOCC2)cc1. The van der Waals surface area contributed by atoms with E-state index in [-0.39, 0.29) is 24.5 Å². The van der Waals surface area contributed by atoms with Gasteiger partial charge in [0.25, 0.3) is 5.91 Å². The lowest BCUT2D eigenvalue weighted by molar-refractivity contribution is -0.160. The lowest BCUT2D eigenvalue weighted by atomic mass is 10.1. The molecule has 1 aromatic rings. The van der Waals surface area contributed by atoms with Gasteiger partial charge in [-0.05, 0) is 37.6 Å². The van der Waals surface area contributed by atoms with Gasteiger partial charge in [0.1, 0.15) is 5.75 Å². The van der Waals surface area contributed by atoms with Crippen LogP contribution < -0.4 is 4.74 Å². The molecule has 1 atom stereocenters. The number of esters is 1. The Morgan fingerprint density at radius 3 is 2.41 bits per heavy atom. The summed E-state index contributed by atoms with van der Waals surface area (Å²) in [6.07, 6.45) is 2.39. The van der Waals surface area contributed by atoms with Crippen LogP contribution in [0.15, 0.2) is 24.3 Å². The van der Waals surface area contributed by atoms with E-state index in [0.29, 0.717) is 38.5 Å². The van der Waals surface area contributed by atoms with Gasteiger partial charge in [0.2, 0.25) is 0 Å². The molecule has 1 aromatic carbocycles. The number of rotatable bonds is 11. The predicted molar refractivity (Wildman–Crippen MR) is 108 cm³/mol. The second-order valence-electron chi connectivity index (χ2n) is 7.07. The number of hydrogen-bond acceptors (Lipinski definition) is 6. The van der Waals surface area contributed by atoms with Crippen LogP contribution in [0.5, 0.6) is 5.75 Å². The van der Waals surface area contributed by atoms with E-state index in [2.05, 4.69) is 6.92 Å². The van der Waals surface area contributed by atoms with E-state index in [4.69, 9.17) is 14.2 Å². The van der Waals surface area contributed by atoms with Crippen LogP contribution in [-0.2, 0) is 19.1 Å². The molecule has 0 saturated carbocycles. The second kappa shape index (κ2) is 12.2. The largest absolute Gasteiger partial charge is 0.494 e.